The average molecular weight is 437 g/mol. The maximum absolute atomic E-state index is 13.4. The topological polar surface area (TPSA) is 83.4 Å². The minimum Gasteiger partial charge on any atom is -0.503 e. The van der Waals surface area contributed by atoms with Crippen molar-refractivity contribution in [1.82, 2.24) is 14.9 Å². The smallest absolute Gasteiger partial charge is 0.290 e. The Bertz CT molecular complexity index is 1170. The zero-order valence-corrected chi connectivity index (χ0v) is 17.8. The number of carbonyl (C=O) groups is 2. The van der Waals surface area contributed by atoms with Gasteiger partial charge in [0.1, 0.15) is 11.9 Å². The molecule has 1 unspecified atom stereocenters. The number of nitrogens with zero attached hydrogens (tertiary/aromatic N) is 3. The Morgan fingerprint density at radius 1 is 1.19 bits per heavy atom. The standard InChI is InChI=1S/C23H20FN3O3S/c1-13-22(31-14(2)26-13)20(28)18-19(17-5-3-4-11-25-17)27(23(30)21(18)29)12-10-15-6-8-16(24)9-7-15/h3-9,11,19,29H,10,12H2,1-2H3. The van der Waals surface area contributed by atoms with E-state index in [4.69, 9.17) is 0 Å². The summed E-state index contributed by atoms with van der Waals surface area (Å²) in [4.78, 5) is 36.8. The van der Waals surface area contributed by atoms with E-state index >= 15 is 0 Å². The molecule has 0 saturated carbocycles. The van der Waals surface area contributed by atoms with Crippen LogP contribution < -0.4 is 0 Å². The average Bonchev–Trinajstić information content (AvgIpc) is 3.23. The lowest BCUT2D eigenvalue weighted by Gasteiger charge is -2.26. The molecule has 0 fully saturated rings. The molecule has 0 aliphatic carbocycles. The minimum atomic E-state index is -0.816. The quantitative estimate of drug-likeness (QED) is 0.587. The molecule has 158 valence electrons. The van der Waals surface area contributed by atoms with Crippen LogP contribution in [0.4, 0.5) is 4.39 Å². The van der Waals surface area contributed by atoms with Gasteiger partial charge >= 0.3 is 0 Å². The highest BCUT2D eigenvalue weighted by atomic mass is 32.1. The van der Waals surface area contributed by atoms with Crippen LogP contribution in [0, 0.1) is 19.7 Å². The normalized spacial score (nSPS) is 16.3. The number of thiazole rings is 1. The minimum absolute atomic E-state index is 0.00885. The number of benzene rings is 1. The number of ketones is 1. The number of carbonyl (C=O) groups excluding carboxylic acids is 2. The highest BCUT2D eigenvalue weighted by molar-refractivity contribution is 7.14. The molecule has 8 heteroatoms. The van der Waals surface area contributed by atoms with Gasteiger partial charge in [0.25, 0.3) is 5.91 Å². The predicted octanol–water partition coefficient (Wildman–Crippen LogP) is 4.12. The Morgan fingerprint density at radius 2 is 1.94 bits per heavy atom. The summed E-state index contributed by atoms with van der Waals surface area (Å²) in [5, 5.41) is 11.4. The molecule has 0 saturated heterocycles. The van der Waals surface area contributed by atoms with E-state index in [-0.39, 0.29) is 17.9 Å². The molecule has 1 amide bonds. The number of aliphatic hydroxyl groups is 1. The van der Waals surface area contributed by atoms with E-state index in [0.29, 0.717) is 22.7 Å². The number of aryl methyl sites for hydroxylation is 2. The van der Waals surface area contributed by atoms with E-state index in [1.807, 2.05) is 0 Å². The molecule has 3 heterocycles. The molecule has 1 N–H and O–H groups in total. The van der Waals surface area contributed by atoms with Gasteiger partial charge in [0, 0.05) is 12.7 Å². The third-order valence-electron chi connectivity index (χ3n) is 5.18. The number of halogens is 1. The number of hydrogen-bond donors (Lipinski definition) is 1. The Kier molecular flexibility index (Phi) is 5.65. The van der Waals surface area contributed by atoms with Crippen LogP contribution in [0.3, 0.4) is 0 Å². The first-order valence-corrected chi connectivity index (χ1v) is 10.6. The van der Waals surface area contributed by atoms with Crippen molar-refractivity contribution in [1.29, 1.82) is 0 Å². The van der Waals surface area contributed by atoms with Crippen molar-refractivity contribution < 1.29 is 19.1 Å². The summed E-state index contributed by atoms with van der Waals surface area (Å²) in [5.74, 6) is -1.95. The van der Waals surface area contributed by atoms with Gasteiger partial charge in [-0.25, -0.2) is 9.37 Å². The Labute approximate surface area is 182 Å². The highest BCUT2D eigenvalue weighted by Crippen LogP contribution is 2.39. The van der Waals surface area contributed by atoms with E-state index in [1.54, 1.807) is 50.4 Å². The van der Waals surface area contributed by atoms with E-state index in [9.17, 15) is 19.1 Å². The molecular formula is C23H20FN3O3S. The SMILES string of the molecule is Cc1nc(C)c(C(=O)C2=C(O)C(=O)N(CCc3ccc(F)cc3)C2c2ccccn2)s1. The zero-order valence-electron chi connectivity index (χ0n) is 17.0. The molecule has 1 atom stereocenters. The van der Waals surface area contributed by atoms with Crippen LogP contribution in [0.15, 0.2) is 60.0 Å². The van der Waals surface area contributed by atoms with Crippen LogP contribution in [0.25, 0.3) is 0 Å². The fourth-order valence-electron chi connectivity index (χ4n) is 3.73. The van der Waals surface area contributed by atoms with Crippen molar-refractivity contribution in [3.8, 4) is 0 Å². The molecule has 0 spiro atoms. The monoisotopic (exact) mass is 437 g/mol. The Morgan fingerprint density at radius 3 is 2.55 bits per heavy atom. The molecule has 0 radical (unpaired) electrons. The second-order valence-electron chi connectivity index (χ2n) is 7.27. The molecule has 1 aliphatic rings. The van der Waals surface area contributed by atoms with Gasteiger partial charge in [-0.1, -0.05) is 18.2 Å². The molecule has 3 aromatic rings. The third kappa shape index (κ3) is 3.98. The van der Waals surface area contributed by atoms with Crippen molar-refractivity contribution in [2.45, 2.75) is 26.3 Å². The van der Waals surface area contributed by atoms with Crippen molar-refractivity contribution in [2.24, 2.45) is 0 Å². The summed E-state index contributed by atoms with van der Waals surface area (Å²) in [6.45, 7) is 3.76. The van der Waals surface area contributed by atoms with Crippen LogP contribution in [0.2, 0.25) is 0 Å². The maximum atomic E-state index is 13.4. The largest absolute Gasteiger partial charge is 0.503 e. The second kappa shape index (κ2) is 8.39. The molecular weight excluding hydrogens is 417 g/mol. The van der Waals surface area contributed by atoms with Gasteiger partial charge in [0.2, 0.25) is 5.78 Å². The Hall–Kier alpha value is -3.39. The van der Waals surface area contributed by atoms with Crippen LogP contribution in [-0.4, -0.2) is 38.2 Å². The van der Waals surface area contributed by atoms with Crippen molar-refractivity contribution in [3.05, 3.63) is 92.6 Å². The lowest BCUT2D eigenvalue weighted by Crippen LogP contribution is -2.33. The molecule has 2 aromatic heterocycles. The lowest BCUT2D eigenvalue weighted by molar-refractivity contribution is -0.129. The lowest BCUT2D eigenvalue weighted by atomic mass is 9.98. The number of aliphatic hydroxyl groups excluding tert-OH is 1. The van der Waals surface area contributed by atoms with Gasteiger partial charge in [-0.15, -0.1) is 11.3 Å². The molecule has 0 bridgehead atoms. The predicted molar refractivity (Wildman–Crippen MR) is 114 cm³/mol. The molecule has 6 nitrogen and oxygen atoms in total. The molecule has 31 heavy (non-hydrogen) atoms. The zero-order chi connectivity index (χ0) is 22.1. The van der Waals surface area contributed by atoms with Crippen molar-refractivity contribution in [3.63, 3.8) is 0 Å². The third-order valence-corrected chi connectivity index (χ3v) is 6.25. The van der Waals surface area contributed by atoms with Gasteiger partial charge in [-0.3, -0.25) is 14.6 Å². The van der Waals surface area contributed by atoms with E-state index < -0.39 is 23.5 Å². The number of rotatable bonds is 6. The summed E-state index contributed by atoms with van der Waals surface area (Å²) in [6.07, 6.45) is 2.01. The number of aromatic nitrogens is 2. The molecule has 1 aliphatic heterocycles. The highest BCUT2D eigenvalue weighted by Gasteiger charge is 2.44. The van der Waals surface area contributed by atoms with Crippen LogP contribution in [0.5, 0.6) is 0 Å². The van der Waals surface area contributed by atoms with Gasteiger partial charge in [-0.2, -0.15) is 0 Å². The van der Waals surface area contributed by atoms with E-state index in [0.717, 1.165) is 10.6 Å². The number of pyridine rings is 1. The Balaban J connectivity index is 1.71. The second-order valence-corrected chi connectivity index (χ2v) is 8.47. The summed E-state index contributed by atoms with van der Waals surface area (Å²) in [6, 6.07) is 10.4. The van der Waals surface area contributed by atoms with Gasteiger partial charge in [-0.05, 0) is 50.1 Å². The summed E-state index contributed by atoms with van der Waals surface area (Å²) < 4.78 is 13.2. The fourth-order valence-corrected chi connectivity index (χ4v) is 4.60. The van der Waals surface area contributed by atoms with Crippen molar-refractivity contribution >= 4 is 23.0 Å². The van der Waals surface area contributed by atoms with Gasteiger partial charge < -0.3 is 10.0 Å². The fraction of sp³-hybridized carbons (Fsp3) is 0.217. The van der Waals surface area contributed by atoms with Gasteiger partial charge in [0.15, 0.2) is 5.76 Å². The van der Waals surface area contributed by atoms with Crippen LogP contribution >= 0.6 is 11.3 Å². The van der Waals surface area contributed by atoms with Gasteiger partial charge in [0.05, 0.1) is 26.8 Å². The number of Topliss-reactive ketones (excluding diaryl/α,β-unsaturated/α-hetero) is 1. The number of amides is 1. The first kappa shape index (κ1) is 20.9. The number of hydrogen-bond acceptors (Lipinski definition) is 6. The molecule has 1 aromatic carbocycles. The first-order chi connectivity index (χ1) is 14.9. The van der Waals surface area contributed by atoms with E-state index in [2.05, 4.69) is 9.97 Å². The van der Waals surface area contributed by atoms with Crippen LogP contribution in [0.1, 0.15) is 37.7 Å². The first-order valence-electron chi connectivity index (χ1n) is 9.75. The molecule has 4 rings (SSSR count). The summed E-state index contributed by atoms with van der Waals surface area (Å²) in [7, 11) is 0. The van der Waals surface area contributed by atoms with Crippen molar-refractivity contribution in [2.75, 3.05) is 6.54 Å². The van der Waals surface area contributed by atoms with E-state index in [1.165, 1.54) is 28.4 Å². The summed E-state index contributed by atoms with van der Waals surface area (Å²) in [5.41, 5.74) is 1.89. The maximum Gasteiger partial charge on any atom is 0.290 e. The summed E-state index contributed by atoms with van der Waals surface area (Å²) >= 11 is 1.23. The van der Waals surface area contributed by atoms with Crippen LogP contribution in [-0.2, 0) is 11.2 Å².